The van der Waals surface area contributed by atoms with Crippen LogP contribution in [0.25, 0.3) is 0 Å². The molecule has 32 heavy (non-hydrogen) atoms. The zero-order valence-electron chi connectivity index (χ0n) is 19.2. The number of hydrogen-bond acceptors (Lipinski definition) is 4. The molecule has 1 aliphatic heterocycles. The normalized spacial score (nSPS) is 20.2. The Labute approximate surface area is 189 Å². The first-order valence-electron chi connectivity index (χ1n) is 12.0. The minimum Gasteiger partial charge on any atom is -0.493 e. The molecule has 0 atom stereocenters. The minimum atomic E-state index is -0.537. The van der Waals surface area contributed by atoms with Gasteiger partial charge in [-0.3, -0.25) is 4.79 Å². The van der Waals surface area contributed by atoms with E-state index in [0.29, 0.717) is 23.7 Å². The molecule has 2 saturated carbocycles. The van der Waals surface area contributed by atoms with Gasteiger partial charge in [0.25, 0.3) is 5.91 Å². The van der Waals surface area contributed by atoms with Gasteiger partial charge in [-0.25, -0.2) is 9.18 Å². The molecule has 7 heteroatoms. The zero-order valence-corrected chi connectivity index (χ0v) is 19.2. The number of benzene rings is 1. The van der Waals surface area contributed by atoms with E-state index in [9.17, 15) is 14.0 Å². The predicted octanol–water partition coefficient (Wildman–Crippen LogP) is 4.91. The highest BCUT2D eigenvalue weighted by Gasteiger charge is 2.46. The van der Waals surface area contributed by atoms with Gasteiger partial charge in [-0.15, -0.1) is 0 Å². The number of rotatable bonds is 8. The molecule has 1 N–H and O–H groups in total. The van der Waals surface area contributed by atoms with E-state index in [1.807, 2.05) is 18.7 Å². The average molecular weight is 447 g/mol. The van der Waals surface area contributed by atoms with E-state index in [0.717, 1.165) is 51.6 Å². The minimum absolute atomic E-state index is 0.0741. The fourth-order valence-electron chi connectivity index (χ4n) is 5.04. The zero-order chi connectivity index (χ0) is 22.7. The lowest BCUT2D eigenvalue weighted by Crippen LogP contribution is -2.49. The topological polar surface area (TPSA) is 67.9 Å². The van der Waals surface area contributed by atoms with Crippen molar-refractivity contribution in [3.05, 3.63) is 29.6 Å². The Balaban J connectivity index is 1.12. The number of carbonyl (C=O) groups excluding carboxylic acids is 2. The molecule has 2 aliphatic carbocycles. The summed E-state index contributed by atoms with van der Waals surface area (Å²) in [6.07, 6.45) is 8.29. The molecule has 1 aromatic rings. The Kier molecular flexibility index (Phi) is 6.91. The van der Waals surface area contributed by atoms with Crippen molar-refractivity contribution in [2.24, 2.45) is 11.3 Å². The fraction of sp³-hybridized carbons (Fsp3) is 0.680. The molecule has 176 valence electrons. The van der Waals surface area contributed by atoms with Crippen LogP contribution in [0, 0.1) is 17.2 Å². The van der Waals surface area contributed by atoms with Gasteiger partial charge in [0.1, 0.15) is 11.6 Å². The number of ether oxygens (including phenoxy) is 2. The molecule has 4 rings (SSSR count). The molecule has 3 aliphatic rings. The fourth-order valence-corrected chi connectivity index (χ4v) is 5.04. The van der Waals surface area contributed by atoms with E-state index in [4.69, 9.17) is 9.47 Å². The average Bonchev–Trinajstić information content (AvgIpc) is 3.53. The van der Waals surface area contributed by atoms with E-state index in [1.54, 1.807) is 6.07 Å². The molecule has 1 heterocycles. The van der Waals surface area contributed by atoms with Crippen molar-refractivity contribution in [3.63, 3.8) is 0 Å². The summed E-state index contributed by atoms with van der Waals surface area (Å²) in [7, 11) is 0. The maximum atomic E-state index is 14.2. The van der Waals surface area contributed by atoms with Crippen LogP contribution in [0.3, 0.4) is 0 Å². The SMILES string of the molecule is CC(C)OC(=O)N1CCC2(CC1)CC(CCCOc1ccc(C(=O)NC3CC3)c(F)c1)C2. The van der Waals surface area contributed by atoms with Crippen LogP contribution in [0.2, 0.25) is 0 Å². The third-order valence-electron chi connectivity index (χ3n) is 6.99. The third-order valence-corrected chi connectivity index (χ3v) is 6.99. The molecule has 1 aromatic carbocycles. The molecule has 6 nitrogen and oxygen atoms in total. The molecule has 0 radical (unpaired) electrons. The Hall–Kier alpha value is -2.31. The molecule has 0 bridgehead atoms. The second-order valence-electron chi connectivity index (χ2n) is 10.1. The number of nitrogens with zero attached hydrogens (tertiary/aromatic N) is 1. The van der Waals surface area contributed by atoms with Crippen molar-refractivity contribution in [3.8, 4) is 5.75 Å². The summed E-state index contributed by atoms with van der Waals surface area (Å²) in [5.41, 5.74) is 0.479. The maximum absolute atomic E-state index is 14.2. The first-order valence-corrected chi connectivity index (χ1v) is 12.0. The molecule has 2 amide bonds. The Morgan fingerprint density at radius 1 is 1.22 bits per heavy atom. The van der Waals surface area contributed by atoms with Crippen LogP contribution < -0.4 is 10.1 Å². The maximum Gasteiger partial charge on any atom is 0.410 e. The first kappa shape index (κ1) is 22.9. The molecule has 3 fully saturated rings. The highest BCUT2D eigenvalue weighted by Crippen LogP contribution is 2.54. The predicted molar refractivity (Wildman–Crippen MR) is 119 cm³/mol. The number of hydrogen-bond donors (Lipinski definition) is 1. The summed E-state index contributed by atoms with van der Waals surface area (Å²) in [5.74, 6) is 0.289. The smallest absolute Gasteiger partial charge is 0.410 e. The summed E-state index contributed by atoms with van der Waals surface area (Å²) >= 11 is 0. The van der Waals surface area contributed by atoms with Crippen molar-refractivity contribution in [2.75, 3.05) is 19.7 Å². The molecule has 0 unspecified atom stereocenters. The van der Waals surface area contributed by atoms with Crippen LogP contribution in [0.1, 0.15) is 75.6 Å². The summed E-state index contributed by atoms with van der Waals surface area (Å²) in [4.78, 5) is 25.9. The van der Waals surface area contributed by atoms with Gasteiger partial charge in [-0.1, -0.05) is 0 Å². The third kappa shape index (κ3) is 5.73. The van der Waals surface area contributed by atoms with Crippen LogP contribution in [-0.4, -0.2) is 48.7 Å². The highest BCUT2D eigenvalue weighted by atomic mass is 19.1. The van der Waals surface area contributed by atoms with Crippen LogP contribution in [0.4, 0.5) is 9.18 Å². The van der Waals surface area contributed by atoms with Gasteiger partial charge >= 0.3 is 6.09 Å². The van der Waals surface area contributed by atoms with Gasteiger partial charge in [0.15, 0.2) is 0 Å². The Morgan fingerprint density at radius 3 is 2.56 bits per heavy atom. The van der Waals surface area contributed by atoms with Gasteiger partial charge < -0.3 is 19.7 Å². The van der Waals surface area contributed by atoms with Crippen molar-refractivity contribution in [2.45, 2.75) is 77.4 Å². The largest absolute Gasteiger partial charge is 0.493 e. The monoisotopic (exact) mass is 446 g/mol. The second-order valence-corrected chi connectivity index (χ2v) is 10.1. The van der Waals surface area contributed by atoms with E-state index in [1.165, 1.54) is 25.0 Å². The van der Waals surface area contributed by atoms with Crippen LogP contribution >= 0.6 is 0 Å². The van der Waals surface area contributed by atoms with Crippen molar-refractivity contribution >= 4 is 12.0 Å². The molecule has 0 aromatic heterocycles. The van der Waals surface area contributed by atoms with Crippen LogP contribution in [0.5, 0.6) is 5.75 Å². The van der Waals surface area contributed by atoms with E-state index >= 15 is 0 Å². The van der Waals surface area contributed by atoms with Crippen molar-refractivity contribution in [1.29, 1.82) is 0 Å². The number of nitrogens with one attached hydrogen (secondary N) is 1. The van der Waals surface area contributed by atoms with E-state index in [2.05, 4.69) is 5.32 Å². The summed E-state index contributed by atoms with van der Waals surface area (Å²) in [6.45, 7) is 5.89. The van der Waals surface area contributed by atoms with Gasteiger partial charge in [-0.2, -0.15) is 0 Å². The van der Waals surface area contributed by atoms with Gasteiger partial charge in [-0.05, 0) is 88.7 Å². The first-order chi connectivity index (χ1) is 15.3. The molecule has 1 saturated heterocycles. The lowest BCUT2D eigenvalue weighted by atomic mass is 9.56. The van der Waals surface area contributed by atoms with Gasteiger partial charge in [0.2, 0.25) is 0 Å². The second kappa shape index (κ2) is 9.67. The van der Waals surface area contributed by atoms with Gasteiger partial charge in [0, 0.05) is 25.2 Å². The van der Waals surface area contributed by atoms with Crippen LogP contribution in [-0.2, 0) is 4.74 Å². The molecular weight excluding hydrogens is 411 g/mol. The number of carbonyl (C=O) groups is 2. The quantitative estimate of drug-likeness (QED) is 0.576. The molecule has 1 spiro atoms. The summed E-state index contributed by atoms with van der Waals surface area (Å²) < 4.78 is 25.3. The van der Waals surface area contributed by atoms with Crippen molar-refractivity contribution < 1.29 is 23.5 Å². The Bertz CT molecular complexity index is 823. The summed E-state index contributed by atoms with van der Waals surface area (Å²) in [6, 6.07) is 4.68. The van der Waals surface area contributed by atoms with E-state index < -0.39 is 5.82 Å². The summed E-state index contributed by atoms with van der Waals surface area (Å²) in [5, 5.41) is 2.80. The number of piperidine rings is 1. The molecular formula is C25H35FN2O4. The number of amides is 2. The standard InChI is InChI=1S/C25H35FN2O4/c1-17(2)32-24(30)28-11-9-25(10-12-28)15-18(16-25)4-3-13-31-20-7-8-21(22(26)14-20)23(29)27-19-5-6-19/h7-8,14,17-19H,3-6,9-13,15-16H2,1-2H3,(H,27,29). The van der Waals surface area contributed by atoms with Crippen molar-refractivity contribution in [1.82, 2.24) is 10.2 Å². The Morgan fingerprint density at radius 2 is 1.94 bits per heavy atom. The number of halogens is 1. The van der Waals surface area contributed by atoms with Crippen LogP contribution in [0.15, 0.2) is 18.2 Å². The highest BCUT2D eigenvalue weighted by molar-refractivity contribution is 5.95. The van der Waals surface area contributed by atoms with Gasteiger partial charge in [0.05, 0.1) is 18.3 Å². The lowest BCUT2D eigenvalue weighted by Gasteiger charge is -2.52. The van der Waals surface area contributed by atoms with E-state index in [-0.39, 0.29) is 29.7 Å². The lowest BCUT2D eigenvalue weighted by molar-refractivity contribution is -0.0203. The number of likely N-dealkylation sites (tertiary alicyclic amines) is 1.